The van der Waals surface area contributed by atoms with E-state index in [1.54, 1.807) is 25.4 Å². The van der Waals surface area contributed by atoms with Crippen LogP contribution in [-0.4, -0.2) is 45.8 Å². The average Bonchev–Trinajstić information content (AvgIpc) is 2.91. The zero-order valence-corrected chi connectivity index (χ0v) is 21.2. The SMILES string of the molecule is CCOc1ccc(C2=NN(Cc3ccc(NC(=O)c4cccnc4)cc3)C(=O)SC2CC)cc1OC. The van der Waals surface area contributed by atoms with Crippen LogP contribution in [0.3, 0.4) is 0 Å². The first-order valence-corrected chi connectivity index (χ1v) is 12.6. The molecule has 0 bridgehead atoms. The molecule has 0 fully saturated rings. The number of rotatable bonds is 9. The lowest BCUT2D eigenvalue weighted by atomic mass is 10.0. The molecule has 0 spiro atoms. The number of thioether (sulfide) groups is 1. The van der Waals surface area contributed by atoms with E-state index in [9.17, 15) is 9.59 Å². The standard InChI is InChI=1S/C27H28N4O4S/c1-4-24-25(19-10-13-22(35-5-2)23(15-19)34-3)30-31(27(33)36-24)17-18-8-11-21(12-9-18)29-26(32)20-7-6-14-28-16-20/h6-16,24H,4-5,17H2,1-3H3,(H,29,32). The minimum absolute atomic E-state index is 0.0542. The van der Waals surface area contributed by atoms with Gasteiger partial charge in [-0.25, -0.2) is 5.01 Å². The van der Waals surface area contributed by atoms with Crippen molar-refractivity contribution in [2.45, 2.75) is 32.1 Å². The molecule has 8 nitrogen and oxygen atoms in total. The van der Waals surface area contributed by atoms with Gasteiger partial charge in [0.2, 0.25) is 0 Å². The van der Waals surface area contributed by atoms with Gasteiger partial charge in [0.1, 0.15) is 0 Å². The molecule has 0 saturated carbocycles. The molecule has 1 aromatic heterocycles. The molecule has 2 heterocycles. The van der Waals surface area contributed by atoms with Gasteiger partial charge >= 0.3 is 5.24 Å². The van der Waals surface area contributed by atoms with Crippen LogP contribution in [0.25, 0.3) is 0 Å². The number of carbonyl (C=O) groups excluding carboxylic acids is 2. The zero-order valence-electron chi connectivity index (χ0n) is 20.4. The van der Waals surface area contributed by atoms with Crippen molar-refractivity contribution in [2.75, 3.05) is 19.0 Å². The van der Waals surface area contributed by atoms with Crippen LogP contribution >= 0.6 is 11.8 Å². The number of aromatic nitrogens is 1. The Hall–Kier alpha value is -3.85. The molecule has 3 aromatic rings. The average molecular weight is 505 g/mol. The van der Waals surface area contributed by atoms with Crippen molar-refractivity contribution >= 4 is 34.3 Å². The van der Waals surface area contributed by atoms with Gasteiger partial charge in [-0.3, -0.25) is 14.6 Å². The van der Waals surface area contributed by atoms with E-state index in [-0.39, 0.29) is 16.4 Å². The fourth-order valence-corrected chi connectivity index (χ4v) is 4.69. The molecule has 1 atom stereocenters. The fraction of sp³-hybridized carbons (Fsp3) is 0.259. The summed E-state index contributed by atoms with van der Waals surface area (Å²) in [5.41, 5.74) is 3.74. The molecule has 1 unspecified atom stereocenters. The van der Waals surface area contributed by atoms with E-state index in [2.05, 4.69) is 10.3 Å². The molecular weight excluding hydrogens is 476 g/mol. The molecule has 1 aliphatic rings. The van der Waals surface area contributed by atoms with E-state index in [0.29, 0.717) is 35.9 Å². The third kappa shape index (κ3) is 5.85. The molecular formula is C27H28N4O4S. The lowest BCUT2D eigenvalue weighted by Crippen LogP contribution is -2.34. The van der Waals surface area contributed by atoms with Gasteiger partial charge in [-0.05, 0) is 61.4 Å². The largest absolute Gasteiger partial charge is 0.493 e. The Morgan fingerprint density at radius 3 is 2.58 bits per heavy atom. The second-order valence-electron chi connectivity index (χ2n) is 8.01. The first kappa shape index (κ1) is 25.2. The quantitative estimate of drug-likeness (QED) is 0.408. The first-order chi connectivity index (χ1) is 17.5. The second-order valence-corrected chi connectivity index (χ2v) is 9.17. The number of benzene rings is 2. The molecule has 2 aromatic carbocycles. The number of nitrogens with zero attached hydrogens (tertiary/aromatic N) is 3. The van der Waals surface area contributed by atoms with E-state index >= 15 is 0 Å². The van der Waals surface area contributed by atoms with Crippen molar-refractivity contribution in [3.63, 3.8) is 0 Å². The highest BCUT2D eigenvalue weighted by atomic mass is 32.2. The van der Waals surface area contributed by atoms with Gasteiger partial charge in [0, 0.05) is 23.6 Å². The van der Waals surface area contributed by atoms with E-state index in [1.807, 2.05) is 56.3 Å². The fourth-order valence-electron chi connectivity index (χ4n) is 3.76. The van der Waals surface area contributed by atoms with E-state index in [1.165, 1.54) is 23.0 Å². The summed E-state index contributed by atoms with van der Waals surface area (Å²) in [5.74, 6) is 1.07. The molecule has 2 amide bonds. The van der Waals surface area contributed by atoms with Crippen LogP contribution in [0, 0.1) is 0 Å². The van der Waals surface area contributed by atoms with Gasteiger partial charge in [0.25, 0.3) is 5.91 Å². The summed E-state index contributed by atoms with van der Waals surface area (Å²) in [7, 11) is 1.61. The predicted molar refractivity (Wildman–Crippen MR) is 142 cm³/mol. The highest BCUT2D eigenvalue weighted by Crippen LogP contribution is 2.34. The molecule has 1 aliphatic heterocycles. The number of hydrogen-bond acceptors (Lipinski definition) is 7. The van der Waals surface area contributed by atoms with Gasteiger partial charge < -0.3 is 14.8 Å². The van der Waals surface area contributed by atoms with Gasteiger partial charge in [0.15, 0.2) is 11.5 Å². The molecule has 4 rings (SSSR count). The number of methoxy groups -OCH3 is 1. The third-order valence-electron chi connectivity index (χ3n) is 5.59. The maximum absolute atomic E-state index is 12.9. The van der Waals surface area contributed by atoms with Crippen molar-refractivity contribution in [1.82, 2.24) is 9.99 Å². The van der Waals surface area contributed by atoms with Crippen LogP contribution in [0.2, 0.25) is 0 Å². The van der Waals surface area contributed by atoms with Crippen molar-refractivity contribution in [3.8, 4) is 11.5 Å². The van der Waals surface area contributed by atoms with Gasteiger partial charge in [-0.2, -0.15) is 5.10 Å². The molecule has 0 aliphatic carbocycles. The normalized spacial score (nSPS) is 15.3. The minimum atomic E-state index is -0.232. The Kier molecular flexibility index (Phi) is 8.22. The van der Waals surface area contributed by atoms with Crippen LogP contribution in [0.4, 0.5) is 10.5 Å². The lowest BCUT2D eigenvalue weighted by molar-refractivity contribution is 0.102. The molecule has 0 saturated heterocycles. The Bertz CT molecular complexity index is 1250. The summed E-state index contributed by atoms with van der Waals surface area (Å²) in [4.78, 5) is 29.2. The van der Waals surface area contributed by atoms with E-state index in [0.717, 1.165) is 23.3 Å². The number of hydrogen-bond donors (Lipinski definition) is 1. The minimum Gasteiger partial charge on any atom is -0.493 e. The van der Waals surface area contributed by atoms with Crippen LogP contribution < -0.4 is 14.8 Å². The summed E-state index contributed by atoms with van der Waals surface area (Å²) in [5, 5.41) is 8.93. The summed E-state index contributed by atoms with van der Waals surface area (Å²) in [6.45, 7) is 4.82. The highest BCUT2D eigenvalue weighted by Gasteiger charge is 2.30. The Morgan fingerprint density at radius 2 is 1.92 bits per heavy atom. The molecule has 0 radical (unpaired) electrons. The van der Waals surface area contributed by atoms with Crippen LogP contribution in [0.15, 0.2) is 72.1 Å². The van der Waals surface area contributed by atoms with Crippen LogP contribution in [-0.2, 0) is 6.54 Å². The summed E-state index contributed by atoms with van der Waals surface area (Å²) in [6, 6.07) is 16.5. The maximum atomic E-state index is 12.9. The number of pyridine rings is 1. The van der Waals surface area contributed by atoms with Crippen LogP contribution in [0.5, 0.6) is 11.5 Å². The first-order valence-electron chi connectivity index (χ1n) is 11.7. The Morgan fingerprint density at radius 1 is 1.11 bits per heavy atom. The van der Waals surface area contributed by atoms with Gasteiger partial charge in [-0.15, -0.1) is 0 Å². The maximum Gasteiger partial charge on any atom is 0.302 e. The molecule has 36 heavy (non-hydrogen) atoms. The second kappa shape index (κ2) is 11.7. The molecule has 9 heteroatoms. The van der Waals surface area contributed by atoms with Crippen molar-refractivity contribution < 1.29 is 19.1 Å². The number of carbonyl (C=O) groups is 2. The number of amides is 2. The predicted octanol–water partition coefficient (Wildman–Crippen LogP) is 5.59. The Balaban J connectivity index is 1.52. The van der Waals surface area contributed by atoms with Gasteiger partial charge in [0.05, 0.1) is 36.8 Å². The van der Waals surface area contributed by atoms with E-state index < -0.39 is 0 Å². The Labute approximate surface area is 214 Å². The highest BCUT2D eigenvalue weighted by molar-refractivity contribution is 8.14. The smallest absolute Gasteiger partial charge is 0.302 e. The summed E-state index contributed by atoms with van der Waals surface area (Å²) in [6.07, 6.45) is 3.90. The molecule has 1 N–H and O–H groups in total. The van der Waals surface area contributed by atoms with Crippen molar-refractivity contribution in [2.24, 2.45) is 5.10 Å². The lowest BCUT2D eigenvalue weighted by Gasteiger charge is -2.28. The monoisotopic (exact) mass is 504 g/mol. The third-order valence-corrected chi connectivity index (χ3v) is 6.84. The van der Waals surface area contributed by atoms with E-state index in [4.69, 9.17) is 14.6 Å². The van der Waals surface area contributed by atoms with Gasteiger partial charge in [-0.1, -0.05) is 30.8 Å². The number of hydrazone groups is 1. The number of ether oxygens (including phenoxy) is 2. The topological polar surface area (TPSA) is 93.1 Å². The summed E-state index contributed by atoms with van der Waals surface area (Å²) >= 11 is 1.28. The number of anilines is 1. The number of nitrogens with one attached hydrogen (secondary N) is 1. The molecule has 186 valence electrons. The van der Waals surface area contributed by atoms with Crippen LogP contribution in [0.1, 0.15) is 41.8 Å². The zero-order chi connectivity index (χ0) is 25.5. The van der Waals surface area contributed by atoms with Crippen molar-refractivity contribution in [1.29, 1.82) is 0 Å². The summed E-state index contributed by atoms with van der Waals surface area (Å²) < 4.78 is 11.1. The van der Waals surface area contributed by atoms with Crippen molar-refractivity contribution in [3.05, 3.63) is 83.7 Å².